The molecule has 0 aliphatic rings. The molecule has 0 fully saturated rings. The number of halogens is 10. The van der Waals surface area contributed by atoms with Crippen molar-refractivity contribution < 1.29 is 43.9 Å². The van der Waals surface area contributed by atoms with Crippen LogP contribution in [0.4, 0.5) is 43.9 Å². The molecule has 11 heteroatoms. The third-order valence-electron chi connectivity index (χ3n) is 3.04. The highest BCUT2D eigenvalue weighted by molar-refractivity contribution is 7.75. The zero-order chi connectivity index (χ0) is 19.2. The molecular weight excluding hydrogens is 389 g/mol. The third kappa shape index (κ3) is 2.78. The standard InChI is InChI=1S/C14H3F10P/c1-2-25(13-9(21)5(17)3(15)6(18)10(13)22)14-11(23)7(19)4(16)8(20)12(14)24/h2H,1H2. The molecule has 0 radical (unpaired) electrons. The Morgan fingerprint density at radius 3 is 0.840 bits per heavy atom. The van der Waals surface area contributed by atoms with Gasteiger partial charge in [-0.05, 0) is 7.92 Å². The van der Waals surface area contributed by atoms with Crippen LogP contribution in [-0.4, -0.2) is 0 Å². The molecule has 25 heavy (non-hydrogen) atoms. The SMILES string of the molecule is C=CP(c1c(F)c(F)c(F)c(F)c1F)c1c(F)c(F)c(F)c(F)c1F. The monoisotopic (exact) mass is 392 g/mol. The fraction of sp³-hybridized carbons (Fsp3) is 0. The van der Waals surface area contributed by atoms with Gasteiger partial charge in [-0.15, -0.1) is 0 Å². The highest BCUT2D eigenvalue weighted by atomic mass is 31.1. The smallest absolute Gasteiger partial charge is 0.200 e. The first-order chi connectivity index (χ1) is 11.6. The van der Waals surface area contributed by atoms with Crippen molar-refractivity contribution in [3.63, 3.8) is 0 Å². The first kappa shape index (κ1) is 19.2. The van der Waals surface area contributed by atoms with Crippen molar-refractivity contribution in [1.29, 1.82) is 0 Å². The van der Waals surface area contributed by atoms with Crippen molar-refractivity contribution >= 4 is 18.5 Å². The van der Waals surface area contributed by atoms with Gasteiger partial charge in [-0.3, -0.25) is 0 Å². The molecule has 0 saturated heterocycles. The van der Waals surface area contributed by atoms with Crippen molar-refractivity contribution in [3.8, 4) is 0 Å². The van der Waals surface area contributed by atoms with E-state index >= 15 is 0 Å². The number of hydrogen-bond acceptors (Lipinski definition) is 0. The molecule has 0 N–H and O–H groups in total. The first-order valence-electron chi connectivity index (χ1n) is 6.00. The fourth-order valence-electron chi connectivity index (χ4n) is 1.90. The van der Waals surface area contributed by atoms with Gasteiger partial charge in [0.2, 0.25) is 11.6 Å². The van der Waals surface area contributed by atoms with E-state index < -0.39 is 76.7 Å². The molecule has 134 valence electrons. The second-order valence-corrected chi connectivity index (χ2v) is 6.39. The fourth-order valence-corrected chi connectivity index (χ4v) is 3.73. The van der Waals surface area contributed by atoms with Gasteiger partial charge in [0, 0.05) is 0 Å². The summed E-state index contributed by atoms with van der Waals surface area (Å²) in [7, 11) is -3.35. The Morgan fingerprint density at radius 2 is 0.640 bits per heavy atom. The van der Waals surface area contributed by atoms with Gasteiger partial charge >= 0.3 is 0 Å². The maximum atomic E-state index is 13.8. The summed E-state index contributed by atoms with van der Waals surface area (Å²) in [4.78, 5) is 0. The molecule has 2 rings (SSSR count). The van der Waals surface area contributed by atoms with Crippen molar-refractivity contribution in [2.45, 2.75) is 0 Å². The summed E-state index contributed by atoms with van der Waals surface area (Å²) in [5.74, 6) is -24.4. The molecule has 0 unspecified atom stereocenters. The van der Waals surface area contributed by atoms with E-state index in [0.717, 1.165) is 0 Å². The van der Waals surface area contributed by atoms with E-state index in [9.17, 15) is 43.9 Å². The molecular formula is C14H3F10P. The van der Waals surface area contributed by atoms with Crippen LogP contribution >= 0.6 is 7.92 Å². The molecule has 2 aromatic carbocycles. The molecule has 0 atom stereocenters. The zero-order valence-electron chi connectivity index (χ0n) is 11.5. The molecule has 0 spiro atoms. The van der Waals surface area contributed by atoms with Gasteiger partial charge < -0.3 is 0 Å². The average molecular weight is 392 g/mol. The average Bonchev–Trinajstić information content (AvgIpc) is 2.60. The molecule has 0 bridgehead atoms. The third-order valence-corrected chi connectivity index (χ3v) is 5.15. The Bertz CT molecular complexity index is 765. The molecule has 0 aliphatic carbocycles. The van der Waals surface area contributed by atoms with Gasteiger partial charge in [-0.25, -0.2) is 43.9 Å². The lowest BCUT2D eigenvalue weighted by molar-refractivity contribution is 0.383. The van der Waals surface area contributed by atoms with Crippen LogP contribution < -0.4 is 10.6 Å². The Balaban J connectivity index is 2.92. The van der Waals surface area contributed by atoms with E-state index in [2.05, 4.69) is 6.58 Å². The summed E-state index contributed by atoms with van der Waals surface area (Å²) >= 11 is 0. The predicted molar refractivity (Wildman–Crippen MR) is 68.8 cm³/mol. The summed E-state index contributed by atoms with van der Waals surface area (Å²) in [5, 5.41) is -3.49. The van der Waals surface area contributed by atoms with Crippen molar-refractivity contribution in [2.24, 2.45) is 0 Å². The number of benzene rings is 2. The van der Waals surface area contributed by atoms with E-state index in [-0.39, 0.29) is 0 Å². The minimum Gasteiger partial charge on any atom is -0.203 e. The number of hydrogen-bond donors (Lipinski definition) is 0. The Kier molecular flexibility index (Phi) is 5.13. The lowest BCUT2D eigenvalue weighted by atomic mass is 10.3. The maximum Gasteiger partial charge on any atom is 0.200 e. The number of rotatable bonds is 3. The van der Waals surface area contributed by atoms with E-state index in [1.54, 1.807) is 0 Å². The van der Waals surface area contributed by atoms with Crippen molar-refractivity contribution in [2.75, 3.05) is 0 Å². The highest BCUT2D eigenvalue weighted by Crippen LogP contribution is 2.41. The summed E-state index contributed by atoms with van der Waals surface area (Å²) < 4.78 is 134. The molecule has 0 nitrogen and oxygen atoms in total. The van der Waals surface area contributed by atoms with Gasteiger partial charge in [0.15, 0.2) is 46.5 Å². The van der Waals surface area contributed by atoms with Gasteiger partial charge in [-0.2, -0.15) is 0 Å². The largest absolute Gasteiger partial charge is 0.203 e. The first-order valence-corrected chi connectivity index (χ1v) is 7.41. The van der Waals surface area contributed by atoms with E-state index in [4.69, 9.17) is 0 Å². The van der Waals surface area contributed by atoms with Crippen LogP contribution in [0, 0.1) is 58.2 Å². The van der Waals surface area contributed by atoms with E-state index in [0.29, 0.717) is 5.82 Å². The summed E-state index contributed by atoms with van der Waals surface area (Å²) in [6, 6.07) is 0. The van der Waals surface area contributed by atoms with Crippen LogP contribution in [0.3, 0.4) is 0 Å². The Hall–Kier alpha value is -2.09. The lowest BCUT2D eigenvalue weighted by Crippen LogP contribution is -2.27. The van der Waals surface area contributed by atoms with Crippen LogP contribution in [0.5, 0.6) is 0 Å². The topological polar surface area (TPSA) is 0 Å². The van der Waals surface area contributed by atoms with E-state index in [1.165, 1.54) is 0 Å². The molecule has 0 aromatic heterocycles. The summed E-state index contributed by atoms with van der Waals surface area (Å²) in [6.07, 6.45) is 0. The Morgan fingerprint density at radius 1 is 0.440 bits per heavy atom. The molecule has 0 saturated carbocycles. The van der Waals surface area contributed by atoms with Gasteiger partial charge in [0.25, 0.3) is 0 Å². The van der Waals surface area contributed by atoms with Crippen LogP contribution in [-0.2, 0) is 0 Å². The zero-order valence-corrected chi connectivity index (χ0v) is 12.4. The minimum absolute atomic E-state index is 0.339. The Labute approximate surface area is 134 Å². The van der Waals surface area contributed by atoms with Gasteiger partial charge in [0.1, 0.15) is 0 Å². The lowest BCUT2D eigenvalue weighted by Gasteiger charge is -2.19. The summed E-state index contributed by atoms with van der Waals surface area (Å²) in [6.45, 7) is 2.93. The second-order valence-electron chi connectivity index (χ2n) is 4.39. The van der Waals surface area contributed by atoms with Crippen LogP contribution in [0.2, 0.25) is 0 Å². The second kappa shape index (κ2) is 6.67. The van der Waals surface area contributed by atoms with Crippen LogP contribution in [0.25, 0.3) is 0 Å². The van der Waals surface area contributed by atoms with Crippen molar-refractivity contribution in [1.82, 2.24) is 0 Å². The molecule has 0 amide bonds. The predicted octanol–water partition coefficient (Wildman–Crippen LogP) is 4.65. The van der Waals surface area contributed by atoms with Crippen LogP contribution in [0.1, 0.15) is 0 Å². The van der Waals surface area contributed by atoms with Crippen molar-refractivity contribution in [3.05, 3.63) is 70.6 Å². The maximum absolute atomic E-state index is 13.8. The quantitative estimate of drug-likeness (QED) is 0.309. The normalized spacial score (nSPS) is 11.3. The summed E-state index contributed by atoms with van der Waals surface area (Å²) in [5.41, 5.74) is 0. The highest BCUT2D eigenvalue weighted by Gasteiger charge is 2.35. The minimum atomic E-state index is -3.35. The van der Waals surface area contributed by atoms with Gasteiger partial charge in [-0.1, -0.05) is 12.4 Å². The molecule has 0 heterocycles. The van der Waals surface area contributed by atoms with Gasteiger partial charge in [0.05, 0.1) is 10.6 Å². The van der Waals surface area contributed by atoms with E-state index in [1.807, 2.05) is 0 Å². The molecule has 0 aliphatic heterocycles. The van der Waals surface area contributed by atoms with Crippen LogP contribution in [0.15, 0.2) is 12.4 Å². The molecule has 2 aromatic rings.